The van der Waals surface area contributed by atoms with Crippen molar-refractivity contribution in [2.45, 2.75) is 6.54 Å². The molecule has 0 bridgehead atoms. The van der Waals surface area contributed by atoms with Crippen LogP contribution in [0.15, 0.2) is 53.4 Å². The molecule has 3 nitrogen and oxygen atoms in total. The molecule has 2 aromatic heterocycles. The van der Waals surface area contributed by atoms with Crippen LogP contribution in [0.3, 0.4) is 0 Å². The first-order valence-electron chi connectivity index (χ1n) is 6.26. The molecule has 0 saturated carbocycles. The molecule has 102 valence electrons. The Morgan fingerprint density at radius 2 is 2.20 bits per heavy atom. The summed E-state index contributed by atoms with van der Waals surface area (Å²) >= 11 is 7.58. The molecule has 0 saturated heterocycles. The number of aromatic nitrogens is 2. The molecule has 0 aliphatic heterocycles. The lowest BCUT2D eigenvalue weighted by Gasteiger charge is -2.06. The molecule has 2 heterocycles. The van der Waals surface area contributed by atoms with Gasteiger partial charge < -0.3 is 4.74 Å². The lowest BCUT2D eigenvalue weighted by atomic mass is 10.2. The molecule has 0 spiro atoms. The molecule has 0 fully saturated rings. The van der Waals surface area contributed by atoms with Crippen LogP contribution in [0.5, 0.6) is 5.75 Å². The largest absolute Gasteiger partial charge is 0.492 e. The Hall–Kier alpha value is -1.78. The van der Waals surface area contributed by atoms with Gasteiger partial charge in [-0.2, -0.15) is 16.4 Å². The third-order valence-electron chi connectivity index (χ3n) is 2.84. The van der Waals surface area contributed by atoms with Crippen LogP contribution in [0, 0.1) is 0 Å². The molecule has 0 atom stereocenters. The summed E-state index contributed by atoms with van der Waals surface area (Å²) in [4.78, 5) is 0. The van der Waals surface area contributed by atoms with Crippen molar-refractivity contribution in [3.63, 3.8) is 0 Å². The van der Waals surface area contributed by atoms with E-state index in [4.69, 9.17) is 16.3 Å². The summed E-state index contributed by atoms with van der Waals surface area (Å²) in [5.74, 6) is 0.780. The van der Waals surface area contributed by atoms with Crippen LogP contribution in [-0.4, -0.2) is 16.4 Å². The Labute approximate surface area is 126 Å². The molecular weight excluding hydrogens is 292 g/mol. The van der Waals surface area contributed by atoms with E-state index in [9.17, 15) is 0 Å². The van der Waals surface area contributed by atoms with E-state index < -0.39 is 0 Å². The van der Waals surface area contributed by atoms with Crippen LogP contribution in [0.2, 0.25) is 5.02 Å². The van der Waals surface area contributed by atoms with Gasteiger partial charge in [0.15, 0.2) is 0 Å². The molecule has 0 amide bonds. The fraction of sp³-hybridized carbons (Fsp3) is 0.133. The van der Waals surface area contributed by atoms with Gasteiger partial charge in [-0.1, -0.05) is 17.7 Å². The topological polar surface area (TPSA) is 27.1 Å². The van der Waals surface area contributed by atoms with Gasteiger partial charge >= 0.3 is 0 Å². The van der Waals surface area contributed by atoms with Crippen molar-refractivity contribution in [3.05, 3.63) is 58.4 Å². The Morgan fingerprint density at radius 3 is 3.00 bits per heavy atom. The van der Waals surface area contributed by atoms with Gasteiger partial charge in [-0.05, 0) is 35.7 Å². The minimum atomic E-state index is 0.561. The molecule has 0 unspecified atom stereocenters. The van der Waals surface area contributed by atoms with Crippen LogP contribution >= 0.6 is 22.9 Å². The average Bonchev–Trinajstić information content (AvgIpc) is 3.09. The van der Waals surface area contributed by atoms with Gasteiger partial charge in [-0.3, -0.25) is 4.68 Å². The molecule has 3 aromatic rings. The van der Waals surface area contributed by atoms with E-state index in [1.54, 1.807) is 17.4 Å². The highest BCUT2D eigenvalue weighted by atomic mass is 35.5. The first-order chi connectivity index (χ1) is 9.81. The second-order valence-corrected chi connectivity index (χ2v) is 5.50. The van der Waals surface area contributed by atoms with Crippen molar-refractivity contribution >= 4 is 22.9 Å². The second kappa shape index (κ2) is 6.11. The molecule has 0 aliphatic carbocycles. The Kier molecular flexibility index (Phi) is 4.04. The minimum absolute atomic E-state index is 0.561. The molecular formula is C15H13ClN2OS. The van der Waals surface area contributed by atoms with Crippen molar-refractivity contribution in [3.8, 4) is 17.0 Å². The number of thiophene rings is 1. The molecule has 20 heavy (non-hydrogen) atoms. The van der Waals surface area contributed by atoms with Crippen molar-refractivity contribution in [1.82, 2.24) is 9.78 Å². The summed E-state index contributed by atoms with van der Waals surface area (Å²) in [5.41, 5.74) is 2.15. The fourth-order valence-electron chi connectivity index (χ4n) is 1.86. The lowest BCUT2D eigenvalue weighted by Crippen LogP contribution is -2.08. The average molecular weight is 305 g/mol. The monoisotopic (exact) mass is 304 g/mol. The molecule has 1 aromatic carbocycles. The summed E-state index contributed by atoms with van der Waals surface area (Å²) < 4.78 is 7.53. The first-order valence-corrected chi connectivity index (χ1v) is 7.58. The zero-order valence-electron chi connectivity index (χ0n) is 10.7. The number of ether oxygens (including phenoxy) is 1. The van der Waals surface area contributed by atoms with E-state index >= 15 is 0 Å². The zero-order chi connectivity index (χ0) is 13.8. The number of nitrogens with zero attached hydrogens (tertiary/aromatic N) is 2. The van der Waals surface area contributed by atoms with Crippen molar-refractivity contribution in [1.29, 1.82) is 0 Å². The Balaban J connectivity index is 1.57. The number of hydrogen-bond acceptors (Lipinski definition) is 3. The first kappa shape index (κ1) is 13.2. The van der Waals surface area contributed by atoms with Gasteiger partial charge in [0.05, 0.1) is 12.2 Å². The van der Waals surface area contributed by atoms with Gasteiger partial charge in [0.25, 0.3) is 0 Å². The maximum absolute atomic E-state index is 5.90. The zero-order valence-corrected chi connectivity index (χ0v) is 12.3. The molecule has 0 radical (unpaired) electrons. The van der Waals surface area contributed by atoms with E-state index in [0.717, 1.165) is 17.0 Å². The summed E-state index contributed by atoms with van der Waals surface area (Å²) in [5, 5.41) is 9.35. The molecule has 0 N–H and O–H groups in total. The van der Waals surface area contributed by atoms with E-state index in [1.165, 1.54) is 0 Å². The van der Waals surface area contributed by atoms with E-state index in [2.05, 4.69) is 21.9 Å². The Bertz CT molecular complexity index is 679. The van der Waals surface area contributed by atoms with Crippen molar-refractivity contribution < 1.29 is 4.74 Å². The summed E-state index contributed by atoms with van der Waals surface area (Å²) in [6, 6.07) is 11.5. The summed E-state index contributed by atoms with van der Waals surface area (Å²) in [6.45, 7) is 1.27. The van der Waals surface area contributed by atoms with Gasteiger partial charge in [0.1, 0.15) is 12.4 Å². The van der Waals surface area contributed by atoms with Gasteiger partial charge in [-0.15, -0.1) is 0 Å². The van der Waals surface area contributed by atoms with E-state index in [-0.39, 0.29) is 0 Å². The van der Waals surface area contributed by atoms with Crippen LogP contribution in [-0.2, 0) is 6.54 Å². The fourth-order valence-corrected chi connectivity index (χ4v) is 2.69. The predicted molar refractivity (Wildman–Crippen MR) is 82.5 cm³/mol. The number of rotatable bonds is 5. The van der Waals surface area contributed by atoms with Crippen molar-refractivity contribution in [2.75, 3.05) is 6.61 Å². The summed E-state index contributed by atoms with van der Waals surface area (Å²) in [6.07, 6.45) is 1.97. The SMILES string of the molecule is Clc1cccc(OCCn2ccc(-c3ccsc3)n2)c1. The smallest absolute Gasteiger partial charge is 0.120 e. The third kappa shape index (κ3) is 3.21. The maximum atomic E-state index is 5.90. The standard InChI is InChI=1S/C15H13ClN2OS/c16-13-2-1-3-14(10-13)19-8-7-18-6-4-15(17-18)12-5-9-20-11-12/h1-6,9-11H,7-8H2. The molecule has 5 heteroatoms. The van der Waals surface area contributed by atoms with Gasteiger partial charge in [0, 0.05) is 22.2 Å². The van der Waals surface area contributed by atoms with Crippen LogP contribution in [0.25, 0.3) is 11.3 Å². The van der Waals surface area contributed by atoms with Gasteiger partial charge in [-0.25, -0.2) is 0 Å². The maximum Gasteiger partial charge on any atom is 0.120 e. The second-order valence-electron chi connectivity index (χ2n) is 4.28. The molecule has 3 rings (SSSR count). The van der Waals surface area contributed by atoms with Crippen LogP contribution < -0.4 is 4.74 Å². The van der Waals surface area contributed by atoms with E-state index in [0.29, 0.717) is 18.2 Å². The number of halogens is 1. The number of benzene rings is 1. The quantitative estimate of drug-likeness (QED) is 0.701. The normalized spacial score (nSPS) is 10.7. The van der Waals surface area contributed by atoms with Crippen molar-refractivity contribution in [2.24, 2.45) is 0 Å². The Morgan fingerprint density at radius 1 is 1.25 bits per heavy atom. The lowest BCUT2D eigenvalue weighted by molar-refractivity contribution is 0.291. The minimum Gasteiger partial charge on any atom is -0.492 e. The number of hydrogen-bond donors (Lipinski definition) is 0. The van der Waals surface area contributed by atoms with Crippen LogP contribution in [0.1, 0.15) is 0 Å². The summed E-state index contributed by atoms with van der Waals surface area (Å²) in [7, 11) is 0. The molecule has 0 aliphatic rings. The third-order valence-corrected chi connectivity index (χ3v) is 3.76. The van der Waals surface area contributed by atoms with Crippen LogP contribution in [0.4, 0.5) is 0 Å². The highest BCUT2D eigenvalue weighted by molar-refractivity contribution is 7.08. The van der Waals surface area contributed by atoms with Gasteiger partial charge in [0.2, 0.25) is 0 Å². The van der Waals surface area contributed by atoms with E-state index in [1.807, 2.05) is 35.1 Å². The highest BCUT2D eigenvalue weighted by Gasteiger charge is 2.02. The predicted octanol–water partition coefficient (Wildman–Crippen LogP) is 4.34. The highest BCUT2D eigenvalue weighted by Crippen LogP contribution is 2.20.